The van der Waals surface area contributed by atoms with Crippen molar-refractivity contribution in [3.63, 3.8) is 0 Å². The van der Waals surface area contributed by atoms with Crippen molar-refractivity contribution >= 4 is 5.91 Å². The fourth-order valence-corrected chi connectivity index (χ4v) is 1.95. The Morgan fingerprint density at radius 1 is 1.19 bits per heavy atom. The van der Waals surface area contributed by atoms with Gasteiger partial charge in [-0.1, -0.05) is 31.5 Å². The van der Waals surface area contributed by atoms with E-state index in [0.717, 1.165) is 17.9 Å². The Morgan fingerprint density at radius 2 is 1.90 bits per heavy atom. The predicted molar refractivity (Wildman–Crippen MR) is 86.5 cm³/mol. The van der Waals surface area contributed by atoms with Gasteiger partial charge in [0.15, 0.2) is 0 Å². The highest BCUT2D eigenvalue weighted by Crippen LogP contribution is 2.20. The molecule has 0 aromatic heterocycles. The van der Waals surface area contributed by atoms with Gasteiger partial charge in [0.05, 0.1) is 13.0 Å². The molecule has 2 N–H and O–H groups in total. The number of rotatable bonds is 8. The summed E-state index contributed by atoms with van der Waals surface area (Å²) in [6, 6.07) is 6.73. The zero-order valence-electron chi connectivity index (χ0n) is 13.8. The Balaban J connectivity index is 2.55. The molecule has 0 aliphatic heterocycles. The maximum Gasteiger partial charge on any atom is 0.223 e. The maximum atomic E-state index is 11.6. The maximum absolute atomic E-state index is 11.6. The zero-order valence-corrected chi connectivity index (χ0v) is 13.8. The molecule has 0 heterocycles. The van der Waals surface area contributed by atoms with E-state index in [1.54, 1.807) is 0 Å². The number of amides is 1. The lowest BCUT2D eigenvalue weighted by molar-refractivity contribution is -0.122. The van der Waals surface area contributed by atoms with E-state index in [4.69, 9.17) is 4.74 Å². The smallest absolute Gasteiger partial charge is 0.223 e. The molecule has 118 valence electrons. The lowest BCUT2D eigenvalue weighted by Gasteiger charge is -2.15. The van der Waals surface area contributed by atoms with Crippen LogP contribution in [0.4, 0.5) is 0 Å². The SMILES string of the molecule is Cc1ccc(OCCC(=O)NC(C)C)c(CNC(C)C)c1. The van der Waals surface area contributed by atoms with Crippen LogP contribution in [0.2, 0.25) is 0 Å². The van der Waals surface area contributed by atoms with Crippen LogP contribution in [0.15, 0.2) is 18.2 Å². The fourth-order valence-electron chi connectivity index (χ4n) is 1.95. The third-order valence-corrected chi connectivity index (χ3v) is 2.95. The van der Waals surface area contributed by atoms with Gasteiger partial charge in [-0.2, -0.15) is 0 Å². The molecule has 0 saturated carbocycles. The first-order valence-corrected chi connectivity index (χ1v) is 7.63. The second kappa shape index (κ2) is 8.67. The highest BCUT2D eigenvalue weighted by Gasteiger charge is 2.07. The number of carbonyl (C=O) groups excluding carboxylic acids is 1. The molecule has 1 rings (SSSR count). The molecule has 4 heteroatoms. The molecule has 0 saturated heterocycles. The standard InChI is InChI=1S/C17H28N2O2/c1-12(2)18-11-15-10-14(5)6-7-16(15)21-9-8-17(20)19-13(3)4/h6-7,10,12-13,18H,8-9,11H2,1-5H3,(H,19,20). The van der Waals surface area contributed by atoms with Crippen molar-refractivity contribution in [1.82, 2.24) is 10.6 Å². The van der Waals surface area contributed by atoms with Crippen LogP contribution in [0.25, 0.3) is 0 Å². The minimum absolute atomic E-state index is 0.0268. The summed E-state index contributed by atoms with van der Waals surface area (Å²) < 4.78 is 5.78. The van der Waals surface area contributed by atoms with Gasteiger partial charge in [-0.25, -0.2) is 0 Å². The normalized spacial score (nSPS) is 11.0. The summed E-state index contributed by atoms with van der Waals surface area (Å²) in [5.41, 5.74) is 2.34. The van der Waals surface area contributed by atoms with Gasteiger partial charge in [0.1, 0.15) is 5.75 Å². The van der Waals surface area contributed by atoms with Gasteiger partial charge in [0.25, 0.3) is 0 Å². The second-order valence-corrected chi connectivity index (χ2v) is 5.97. The molecule has 0 aliphatic carbocycles. The van der Waals surface area contributed by atoms with Gasteiger partial charge in [-0.05, 0) is 26.8 Å². The third kappa shape index (κ3) is 7.14. The molecule has 1 aromatic rings. The van der Waals surface area contributed by atoms with Gasteiger partial charge in [-0.15, -0.1) is 0 Å². The van der Waals surface area contributed by atoms with Crippen molar-refractivity contribution in [2.45, 2.75) is 59.7 Å². The summed E-state index contributed by atoms with van der Waals surface area (Å²) in [6.07, 6.45) is 0.378. The number of ether oxygens (including phenoxy) is 1. The van der Waals surface area contributed by atoms with Gasteiger partial charge < -0.3 is 15.4 Å². The predicted octanol–water partition coefficient (Wildman–Crippen LogP) is 2.79. The first-order valence-electron chi connectivity index (χ1n) is 7.63. The van der Waals surface area contributed by atoms with Crippen LogP contribution >= 0.6 is 0 Å². The van der Waals surface area contributed by atoms with Crippen molar-refractivity contribution in [1.29, 1.82) is 0 Å². The second-order valence-electron chi connectivity index (χ2n) is 5.97. The molecule has 0 radical (unpaired) electrons. The number of aryl methyl sites for hydroxylation is 1. The van der Waals surface area contributed by atoms with Gasteiger partial charge in [0, 0.05) is 24.2 Å². The van der Waals surface area contributed by atoms with Gasteiger partial charge in [0.2, 0.25) is 5.91 Å². The van der Waals surface area contributed by atoms with Crippen LogP contribution in [0, 0.1) is 6.92 Å². The monoisotopic (exact) mass is 292 g/mol. The first-order chi connectivity index (χ1) is 9.88. The van der Waals surface area contributed by atoms with Crippen molar-refractivity contribution in [2.24, 2.45) is 0 Å². The summed E-state index contributed by atoms with van der Waals surface area (Å²) in [6.45, 7) is 11.4. The van der Waals surface area contributed by atoms with Gasteiger partial charge >= 0.3 is 0 Å². The van der Waals surface area contributed by atoms with E-state index in [1.165, 1.54) is 5.56 Å². The summed E-state index contributed by atoms with van der Waals surface area (Å²) in [7, 11) is 0. The zero-order chi connectivity index (χ0) is 15.8. The average Bonchev–Trinajstić information content (AvgIpc) is 2.37. The van der Waals surface area contributed by atoms with Crippen LogP contribution < -0.4 is 15.4 Å². The Morgan fingerprint density at radius 3 is 2.52 bits per heavy atom. The van der Waals surface area contributed by atoms with E-state index in [0.29, 0.717) is 19.1 Å². The molecular formula is C17H28N2O2. The van der Waals surface area contributed by atoms with E-state index in [-0.39, 0.29) is 11.9 Å². The lowest BCUT2D eigenvalue weighted by Crippen LogP contribution is -2.31. The van der Waals surface area contributed by atoms with Crippen molar-refractivity contribution < 1.29 is 9.53 Å². The summed E-state index contributed by atoms with van der Waals surface area (Å²) in [4.78, 5) is 11.6. The van der Waals surface area contributed by atoms with Crippen LogP contribution in [-0.2, 0) is 11.3 Å². The van der Waals surface area contributed by atoms with Crippen LogP contribution in [0.3, 0.4) is 0 Å². The number of benzene rings is 1. The molecule has 0 aliphatic rings. The number of hydrogen-bond donors (Lipinski definition) is 2. The fraction of sp³-hybridized carbons (Fsp3) is 0.588. The molecule has 0 bridgehead atoms. The van der Waals surface area contributed by atoms with E-state index in [2.05, 4.69) is 37.5 Å². The van der Waals surface area contributed by atoms with E-state index >= 15 is 0 Å². The number of nitrogens with one attached hydrogen (secondary N) is 2. The highest BCUT2D eigenvalue weighted by molar-refractivity contribution is 5.76. The Hall–Kier alpha value is -1.55. The number of hydrogen-bond acceptors (Lipinski definition) is 3. The van der Waals surface area contributed by atoms with E-state index < -0.39 is 0 Å². The highest BCUT2D eigenvalue weighted by atomic mass is 16.5. The first kappa shape index (κ1) is 17.5. The minimum atomic E-state index is 0.0268. The van der Waals surface area contributed by atoms with Crippen molar-refractivity contribution in [2.75, 3.05) is 6.61 Å². The average molecular weight is 292 g/mol. The molecule has 0 fully saturated rings. The number of carbonyl (C=O) groups is 1. The quantitative estimate of drug-likeness (QED) is 0.774. The lowest BCUT2D eigenvalue weighted by atomic mass is 10.1. The van der Waals surface area contributed by atoms with Crippen molar-refractivity contribution in [3.8, 4) is 5.75 Å². The summed E-state index contributed by atoms with van der Waals surface area (Å²) >= 11 is 0. The largest absolute Gasteiger partial charge is 0.493 e. The van der Waals surface area contributed by atoms with Gasteiger partial charge in [-0.3, -0.25) is 4.79 Å². The molecule has 4 nitrogen and oxygen atoms in total. The molecule has 0 spiro atoms. The summed E-state index contributed by atoms with van der Waals surface area (Å²) in [5.74, 6) is 0.880. The van der Waals surface area contributed by atoms with Crippen LogP contribution in [0.5, 0.6) is 5.75 Å². The molecule has 1 amide bonds. The molecule has 0 atom stereocenters. The Labute approximate surface area is 128 Å². The minimum Gasteiger partial charge on any atom is -0.493 e. The molecular weight excluding hydrogens is 264 g/mol. The van der Waals surface area contributed by atoms with Crippen molar-refractivity contribution in [3.05, 3.63) is 29.3 Å². The molecule has 1 aromatic carbocycles. The topological polar surface area (TPSA) is 50.4 Å². The van der Waals surface area contributed by atoms with E-state index in [1.807, 2.05) is 26.0 Å². The molecule has 21 heavy (non-hydrogen) atoms. The van der Waals surface area contributed by atoms with Crippen LogP contribution in [0.1, 0.15) is 45.2 Å². The van der Waals surface area contributed by atoms with E-state index in [9.17, 15) is 4.79 Å². The third-order valence-electron chi connectivity index (χ3n) is 2.95. The van der Waals surface area contributed by atoms with Crippen LogP contribution in [-0.4, -0.2) is 24.6 Å². The summed E-state index contributed by atoms with van der Waals surface area (Å²) in [5, 5.41) is 6.26. The Bertz CT molecular complexity index is 456. The molecule has 0 unspecified atom stereocenters. The Kier molecular flexibility index (Phi) is 7.23.